The zero-order chi connectivity index (χ0) is 23.7. The number of pyridine rings is 2. The van der Waals surface area contributed by atoms with Gasteiger partial charge in [-0.15, -0.1) is 11.3 Å². The standard InChI is InChI=1S/C26H21N5O2S/c1-33-20-9-3-8-19(12-20)31(26(28)32)18-7-2-5-16(11-18)22-15-34-24-21(14-30-25(27)23(22)24)17-6-4-10-29-13-17/h2-15H,1H3,(H2,27,30)(H2,28,32). The average molecular weight is 468 g/mol. The molecule has 0 fully saturated rings. The van der Waals surface area contributed by atoms with Crippen LogP contribution in [0.25, 0.3) is 32.3 Å². The highest BCUT2D eigenvalue weighted by Crippen LogP contribution is 2.42. The minimum atomic E-state index is -0.597. The first-order valence-corrected chi connectivity index (χ1v) is 11.3. The number of methoxy groups -OCH3 is 1. The van der Waals surface area contributed by atoms with Gasteiger partial charge in [-0.05, 0) is 41.3 Å². The number of nitrogens with zero attached hydrogens (tertiary/aromatic N) is 3. The van der Waals surface area contributed by atoms with Gasteiger partial charge in [-0.3, -0.25) is 9.88 Å². The zero-order valence-electron chi connectivity index (χ0n) is 18.3. The summed E-state index contributed by atoms with van der Waals surface area (Å²) in [5, 5.41) is 2.93. The zero-order valence-corrected chi connectivity index (χ0v) is 19.1. The Morgan fingerprint density at radius 1 is 0.971 bits per heavy atom. The molecule has 0 saturated heterocycles. The lowest BCUT2D eigenvalue weighted by Gasteiger charge is -2.22. The van der Waals surface area contributed by atoms with E-state index >= 15 is 0 Å². The van der Waals surface area contributed by atoms with E-state index in [1.807, 2.05) is 60.8 Å². The van der Waals surface area contributed by atoms with Crippen LogP contribution in [0.2, 0.25) is 0 Å². The Morgan fingerprint density at radius 2 is 1.74 bits per heavy atom. The van der Waals surface area contributed by atoms with Crippen molar-refractivity contribution in [2.75, 3.05) is 17.7 Å². The minimum absolute atomic E-state index is 0.448. The highest BCUT2D eigenvalue weighted by Gasteiger charge is 2.19. The number of hydrogen-bond acceptors (Lipinski definition) is 6. The number of primary amides is 1. The average Bonchev–Trinajstić information content (AvgIpc) is 3.31. The number of thiophene rings is 1. The van der Waals surface area contributed by atoms with Gasteiger partial charge in [0.05, 0.1) is 18.5 Å². The van der Waals surface area contributed by atoms with E-state index in [-0.39, 0.29) is 0 Å². The lowest BCUT2D eigenvalue weighted by Crippen LogP contribution is -2.31. The number of fused-ring (bicyclic) bond motifs is 1. The fourth-order valence-corrected chi connectivity index (χ4v) is 5.09. The quantitative estimate of drug-likeness (QED) is 0.338. The number of carbonyl (C=O) groups excluding carboxylic acids is 1. The molecule has 0 aliphatic heterocycles. The van der Waals surface area contributed by atoms with Crippen molar-refractivity contribution in [3.8, 4) is 28.0 Å². The number of benzene rings is 2. The van der Waals surface area contributed by atoms with Crippen molar-refractivity contribution < 1.29 is 9.53 Å². The molecule has 34 heavy (non-hydrogen) atoms. The Kier molecular flexibility index (Phi) is 5.57. The van der Waals surface area contributed by atoms with E-state index in [4.69, 9.17) is 16.2 Å². The van der Waals surface area contributed by atoms with E-state index < -0.39 is 6.03 Å². The van der Waals surface area contributed by atoms with E-state index in [1.165, 1.54) is 4.90 Å². The monoisotopic (exact) mass is 467 g/mol. The Balaban J connectivity index is 1.63. The maximum Gasteiger partial charge on any atom is 0.323 e. The summed E-state index contributed by atoms with van der Waals surface area (Å²) in [7, 11) is 1.58. The second-order valence-electron chi connectivity index (χ2n) is 7.58. The number of amides is 2. The van der Waals surface area contributed by atoms with Crippen LogP contribution < -0.4 is 21.1 Å². The van der Waals surface area contributed by atoms with Crippen molar-refractivity contribution in [3.63, 3.8) is 0 Å². The van der Waals surface area contributed by atoms with Crippen LogP contribution in [0, 0.1) is 0 Å². The maximum absolute atomic E-state index is 12.4. The van der Waals surface area contributed by atoms with Crippen LogP contribution in [-0.2, 0) is 0 Å². The van der Waals surface area contributed by atoms with Crippen LogP contribution >= 0.6 is 11.3 Å². The van der Waals surface area contributed by atoms with Gasteiger partial charge < -0.3 is 16.2 Å². The molecule has 3 heterocycles. The molecule has 168 valence electrons. The number of hydrogen-bond donors (Lipinski definition) is 2. The van der Waals surface area contributed by atoms with Crippen molar-refractivity contribution in [3.05, 3.63) is 84.6 Å². The third-order valence-corrected chi connectivity index (χ3v) is 6.56. The van der Waals surface area contributed by atoms with Gasteiger partial charge in [0.25, 0.3) is 0 Å². The Bertz CT molecular complexity index is 1500. The van der Waals surface area contributed by atoms with Crippen LogP contribution in [0.5, 0.6) is 5.75 Å². The largest absolute Gasteiger partial charge is 0.497 e. The SMILES string of the molecule is COc1cccc(N(C(N)=O)c2cccc(-c3csc4c(-c5cccnc5)cnc(N)c34)c2)c1. The van der Waals surface area contributed by atoms with Crippen LogP contribution in [-0.4, -0.2) is 23.1 Å². The Hall–Kier alpha value is -4.43. The van der Waals surface area contributed by atoms with Gasteiger partial charge >= 0.3 is 6.03 Å². The molecule has 0 aliphatic carbocycles. The summed E-state index contributed by atoms with van der Waals surface area (Å²) >= 11 is 1.60. The van der Waals surface area contributed by atoms with E-state index in [0.29, 0.717) is 22.9 Å². The Labute approximate surface area is 200 Å². The van der Waals surface area contributed by atoms with Gasteiger partial charge in [-0.25, -0.2) is 9.78 Å². The molecule has 4 N–H and O–H groups in total. The van der Waals surface area contributed by atoms with E-state index in [1.54, 1.807) is 36.9 Å². The molecular weight excluding hydrogens is 446 g/mol. The smallest absolute Gasteiger partial charge is 0.323 e. The van der Waals surface area contributed by atoms with Crippen molar-refractivity contribution in [2.24, 2.45) is 5.73 Å². The molecule has 0 bridgehead atoms. The van der Waals surface area contributed by atoms with Crippen LogP contribution in [0.1, 0.15) is 0 Å². The van der Waals surface area contributed by atoms with Gasteiger partial charge in [0, 0.05) is 51.4 Å². The molecule has 0 radical (unpaired) electrons. The third-order valence-electron chi connectivity index (χ3n) is 5.54. The summed E-state index contributed by atoms with van der Waals surface area (Å²) < 4.78 is 6.34. The van der Waals surface area contributed by atoms with Crippen LogP contribution in [0.15, 0.2) is 84.6 Å². The van der Waals surface area contributed by atoms with E-state index in [2.05, 4.69) is 15.3 Å². The van der Waals surface area contributed by atoms with Crippen LogP contribution in [0.3, 0.4) is 0 Å². The van der Waals surface area contributed by atoms with Crippen molar-refractivity contribution in [1.82, 2.24) is 9.97 Å². The minimum Gasteiger partial charge on any atom is -0.497 e. The molecule has 0 atom stereocenters. The number of nitrogens with two attached hydrogens (primary N) is 2. The molecule has 3 aromatic heterocycles. The predicted molar refractivity (Wildman–Crippen MR) is 137 cm³/mol. The van der Waals surface area contributed by atoms with Gasteiger partial charge in [0.1, 0.15) is 11.6 Å². The molecule has 0 spiro atoms. The van der Waals surface area contributed by atoms with E-state index in [0.717, 1.165) is 32.3 Å². The summed E-state index contributed by atoms with van der Waals surface area (Å²) in [6.07, 6.45) is 5.33. The lowest BCUT2D eigenvalue weighted by molar-refractivity contribution is 0.256. The summed E-state index contributed by atoms with van der Waals surface area (Å²) in [5.74, 6) is 1.08. The summed E-state index contributed by atoms with van der Waals surface area (Å²) in [5.41, 5.74) is 17.1. The molecule has 5 aromatic rings. The highest BCUT2D eigenvalue weighted by atomic mass is 32.1. The molecule has 2 amide bonds. The molecule has 0 aliphatic rings. The first kappa shape index (κ1) is 21.4. The molecule has 7 nitrogen and oxygen atoms in total. The fourth-order valence-electron chi connectivity index (χ4n) is 3.97. The first-order chi connectivity index (χ1) is 16.6. The van der Waals surface area contributed by atoms with Crippen molar-refractivity contribution in [2.45, 2.75) is 0 Å². The second-order valence-corrected chi connectivity index (χ2v) is 8.46. The fraction of sp³-hybridized carbons (Fsp3) is 0.0385. The molecule has 0 unspecified atom stereocenters. The van der Waals surface area contributed by atoms with Gasteiger partial charge in [-0.1, -0.05) is 24.3 Å². The number of urea groups is 1. The summed E-state index contributed by atoms with van der Waals surface area (Å²) in [6.45, 7) is 0. The predicted octanol–water partition coefficient (Wildman–Crippen LogP) is 5.83. The maximum atomic E-state index is 12.4. The van der Waals surface area contributed by atoms with Crippen LogP contribution in [0.4, 0.5) is 22.0 Å². The van der Waals surface area contributed by atoms with Crippen molar-refractivity contribution in [1.29, 1.82) is 0 Å². The second kappa shape index (κ2) is 8.84. The molecule has 0 saturated carbocycles. The molecule has 5 rings (SSSR count). The van der Waals surface area contributed by atoms with Gasteiger partial charge in [-0.2, -0.15) is 0 Å². The Morgan fingerprint density at radius 3 is 2.47 bits per heavy atom. The summed E-state index contributed by atoms with van der Waals surface area (Å²) in [4.78, 5) is 22.6. The van der Waals surface area contributed by atoms with E-state index in [9.17, 15) is 4.79 Å². The first-order valence-electron chi connectivity index (χ1n) is 10.5. The molecule has 2 aromatic carbocycles. The van der Waals surface area contributed by atoms with Gasteiger partial charge in [0.15, 0.2) is 0 Å². The van der Waals surface area contributed by atoms with Gasteiger partial charge in [0.2, 0.25) is 0 Å². The summed E-state index contributed by atoms with van der Waals surface area (Å²) in [6, 6.07) is 18.1. The normalized spacial score (nSPS) is 10.9. The number of rotatable bonds is 5. The number of nitrogen functional groups attached to an aromatic ring is 1. The molecular formula is C26H21N5O2S. The molecule has 8 heteroatoms. The third kappa shape index (κ3) is 3.80. The number of anilines is 3. The number of ether oxygens (including phenoxy) is 1. The highest BCUT2D eigenvalue weighted by molar-refractivity contribution is 7.18. The van der Waals surface area contributed by atoms with Crippen molar-refractivity contribution >= 4 is 44.6 Å². The number of carbonyl (C=O) groups is 1. The topological polar surface area (TPSA) is 107 Å². The lowest BCUT2D eigenvalue weighted by atomic mass is 10.0. The number of aromatic nitrogens is 2.